The Labute approximate surface area is 224 Å². The van der Waals surface area contributed by atoms with Crippen LogP contribution in [0.4, 0.5) is 0 Å². The van der Waals surface area contributed by atoms with Crippen molar-refractivity contribution in [2.24, 2.45) is 5.92 Å². The van der Waals surface area contributed by atoms with Crippen molar-refractivity contribution in [1.82, 2.24) is 0 Å². The van der Waals surface area contributed by atoms with Gasteiger partial charge in [-0.15, -0.1) is 0 Å². The van der Waals surface area contributed by atoms with E-state index in [1.807, 2.05) is 0 Å². The molecule has 1 aromatic rings. The van der Waals surface area contributed by atoms with Crippen LogP contribution in [0.2, 0.25) is 0 Å². The summed E-state index contributed by atoms with van der Waals surface area (Å²) in [5, 5.41) is 63.3. The van der Waals surface area contributed by atoms with Crippen LogP contribution in [0.15, 0.2) is 36.6 Å². The molecule has 1 aromatic carbocycles. The third kappa shape index (κ3) is 5.76. The van der Waals surface area contributed by atoms with Gasteiger partial charge in [-0.1, -0.05) is 6.07 Å². The molecule has 1 aliphatic carbocycles. The molecule has 216 valence electrons. The molecule has 2 aliphatic heterocycles. The van der Waals surface area contributed by atoms with Gasteiger partial charge in [0.2, 0.25) is 6.29 Å². The Kier molecular flexibility index (Phi) is 8.54. The molecule has 0 spiro atoms. The zero-order chi connectivity index (χ0) is 28.5. The third-order valence-electron chi connectivity index (χ3n) is 7.27. The lowest BCUT2D eigenvalue weighted by atomic mass is 9.81. The van der Waals surface area contributed by atoms with E-state index >= 15 is 0 Å². The van der Waals surface area contributed by atoms with Crippen molar-refractivity contribution in [2.45, 2.75) is 67.6 Å². The first-order valence-corrected chi connectivity index (χ1v) is 12.3. The molecular formula is C26H34O13. The van der Waals surface area contributed by atoms with Crippen LogP contribution in [0.25, 0.3) is 6.08 Å². The number of esters is 1. The predicted octanol–water partition coefficient (Wildman–Crippen LogP) is -1.18. The van der Waals surface area contributed by atoms with E-state index in [0.717, 1.165) is 12.3 Å². The molecule has 3 aliphatic rings. The van der Waals surface area contributed by atoms with Crippen molar-refractivity contribution in [3.63, 3.8) is 0 Å². The monoisotopic (exact) mass is 554 g/mol. The molecule has 2 heterocycles. The van der Waals surface area contributed by atoms with Crippen LogP contribution in [-0.4, -0.2) is 112 Å². The fourth-order valence-electron chi connectivity index (χ4n) is 5.16. The lowest BCUT2D eigenvalue weighted by molar-refractivity contribution is -0.351. The van der Waals surface area contributed by atoms with Crippen molar-refractivity contribution < 1.29 is 63.9 Å². The van der Waals surface area contributed by atoms with Gasteiger partial charge in [0, 0.05) is 12.5 Å². The lowest BCUT2D eigenvalue weighted by Crippen LogP contribution is -2.62. The Balaban J connectivity index is 1.39. The van der Waals surface area contributed by atoms with Gasteiger partial charge >= 0.3 is 5.97 Å². The van der Waals surface area contributed by atoms with Crippen molar-refractivity contribution in [1.29, 1.82) is 0 Å². The third-order valence-corrected chi connectivity index (χ3v) is 7.27. The van der Waals surface area contributed by atoms with Gasteiger partial charge in [0.25, 0.3) is 0 Å². The first kappa shape index (κ1) is 29.2. The quantitative estimate of drug-likeness (QED) is 0.166. The molecular weight excluding hydrogens is 520 g/mol. The molecule has 0 unspecified atom stereocenters. The molecule has 1 saturated carbocycles. The largest absolute Gasteiger partial charge is 0.493 e. The fraction of sp³-hybridized carbons (Fsp3) is 0.577. The first-order chi connectivity index (χ1) is 18.4. The summed E-state index contributed by atoms with van der Waals surface area (Å²) < 4.78 is 32.2. The Morgan fingerprint density at radius 1 is 1.05 bits per heavy atom. The molecule has 0 bridgehead atoms. The van der Waals surface area contributed by atoms with Crippen LogP contribution < -0.4 is 9.47 Å². The van der Waals surface area contributed by atoms with E-state index in [9.17, 15) is 35.4 Å². The van der Waals surface area contributed by atoms with Crippen molar-refractivity contribution in [3.8, 4) is 11.5 Å². The second kappa shape index (κ2) is 11.4. The van der Waals surface area contributed by atoms with E-state index in [1.165, 1.54) is 33.3 Å². The zero-order valence-corrected chi connectivity index (χ0v) is 21.6. The summed E-state index contributed by atoms with van der Waals surface area (Å²) in [7, 11) is 2.98. The van der Waals surface area contributed by atoms with Crippen molar-refractivity contribution >= 4 is 12.0 Å². The summed E-state index contributed by atoms with van der Waals surface area (Å²) in [6, 6.07) is 5.02. The average Bonchev–Trinajstić information content (AvgIpc) is 3.10. The fourth-order valence-corrected chi connectivity index (χ4v) is 5.16. The van der Waals surface area contributed by atoms with E-state index in [4.69, 9.17) is 28.4 Å². The van der Waals surface area contributed by atoms with Gasteiger partial charge in [-0.05, 0) is 36.8 Å². The number of hydrogen-bond donors (Lipinski definition) is 6. The topological polar surface area (TPSA) is 194 Å². The van der Waals surface area contributed by atoms with Gasteiger partial charge in [0.05, 0.1) is 38.1 Å². The highest BCUT2D eigenvalue weighted by Crippen LogP contribution is 2.49. The highest BCUT2D eigenvalue weighted by Gasteiger charge is 2.64. The number of aliphatic hydroxyl groups excluding tert-OH is 4. The number of fused-ring (bicyclic) bond motifs is 1. The van der Waals surface area contributed by atoms with E-state index in [1.54, 1.807) is 18.2 Å². The molecule has 13 heteroatoms. The average molecular weight is 555 g/mol. The SMILES string of the molecule is COc1ccc(/C=C/C(=O)OC[C@H]2O[C@@H](O[C@H]3OC=C[C@@]4(O)[C@@H]3[C@](C)(O)C[C@@H]4O)[C@H](O)[C@@H](O)[C@@H]2O)cc1OC. The summed E-state index contributed by atoms with van der Waals surface area (Å²) in [4.78, 5) is 12.3. The van der Waals surface area contributed by atoms with Crippen LogP contribution in [-0.2, 0) is 23.7 Å². The minimum absolute atomic E-state index is 0.174. The number of hydrogen-bond acceptors (Lipinski definition) is 13. The van der Waals surface area contributed by atoms with Gasteiger partial charge in [0.1, 0.15) is 36.6 Å². The molecule has 0 radical (unpaired) electrons. The summed E-state index contributed by atoms with van der Waals surface area (Å²) in [6.45, 7) is 0.890. The highest BCUT2D eigenvalue weighted by atomic mass is 16.8. The summed E-state index contributed by atoms with van der Waals surface area (Å²) >= 11 is 0. The molecule has 6 N–H and O–H groups in total. The van der Waals surface area contributed by atoms with E-state index in [2.05, 4.69) is 0 Å². The number of ether oxygens (including phenoxy) is 6. The molecule has 0 amide bonds. The standard InChI is InChI=1S/C26H34O13/c1-25(32)11-17(27)26(33)8-9-36-24(22(25)26)39-23-21(31)20(30)19(29)16(38-23)12-37-18(28)7-5-13-4-6-14(34-2)15(10-13)35-3/h4-10,16-17,19-24,27,29-33H,11-12H2,1-3H3/b7-5+/t16-,17+,19-,20+,21-,22+,23+,24-,25-,26+/m1/s1. The van der Waals surface area contributed by atoms with Crippen molar-refractivity contribution in [3.05, 3.63) is 42.2 Å². The molecule has 1 saturated heterocycles. The minimum Gasteiger partial charge on any atom is -0.493 e. The molecule has 10 atom stereocenters. The summed E-state index contributed by atoms with van der Waals surface area (Å²) in [6.07, 6.45) is -6.02. The Hall–Kier alpha value is -2.75. The normalized spacial score (nSPS) is 39.7. The molecule has 0 aromatic heterocycles. The first-order valence-electron chi connectivity index (χ1n) is 12.3. The van der Waals surface area contributed by atoms with Gasteiger partial charge in [0.15, 0.2) is 17.8 Å². The van der Waals surface area contributed by atoms with E-state index < -0.39 is 72.8 Å². The molecule has 2 fully saturated rings. The number of carbonyl (C=O) groups excluding carboxylic acids is 1. The maximum Gasteiger partial charge on any atom is 0.330 e. The van der Waals surface area contributed by atoms with Crippen LogP contribution in [0.1, 0.15) is 18.9 Å². The molecule has 13 nitrogen and oxygen atoms in total. The summed E-state index contributed by atoms with van der Waals surface area (Å²) in [5.41, 5.74) is -2.87. The maximum absolute atomic E-state index is 12.3. The number of carbonyl (C=O) groups is 1. The van der Waals surface area contributed by atoms with Gasteiger partial charge < -0.3 is 59.1 Å². The zero-order valence-electron chi connectivity index (χ0n) is 21.6. The second-order valence-corrected chi connectivity index (χ2v) is 9.98. The Morgan fingerprint density at radius 2 is 1.77 bits per heavy atom. The molecule has 39 heavy (non-hydrogen) atoms. The van der Waals surface area contributed by atoms with Crippen LogP contribution in [0.3, 0.4) is 0 Å². The van der Waals surface area contributed by atoms with E-state index in [0.29, 0.717) is 17.1 Å². The minimum atomic E-state index is -1.88. The van der Waals surface area contributed by atoms with Gasteiger partial charge in [-0.3, -0.25) is 0 Å². The highest BCUT2D eigenvalue weighted by molar-refractivity contribution is 5.87. The lowest BCUT2D eigenvalue weighted by Gasteiger charge is -2.45. The number of methoxy groups -OCH3 is 2. The van der Waals surface area contributed by atoms with Crippen molar-refractivity contribution in [2.75, 3.05) is 20.8 Å². The van der Waals surface area contributed by atoms with Crippen LogP contribution >= 0.6 is 0 Å². The summed E-state index contributed by atoms with van der Waals surface area (Å²) in [5.74, 6) is -0.969. The maximum atomic E-state index is 12.3. The van der Waals surface area contributed by atoms with Gasteiger partial charge in [-0.25, -0.2) is 4.79 Å². The number of benzene rings is 1. The number of rotatable bonds is 8. The predicted molar refractivity (Wildman–Crippen MR) is 131 cm³/mol. The second-order valence-electron chi connectivity index (χ2n) is 9.98. The molecule has 4 rings (SSSR count). The van der Waals surface area contributed by atoms with Crippen LogP contribution in [0.5, 0.6) is 11.5 Å². The van der Waals surface area contributed by atoms with E-state index in [-0.39, 0.29) is 6.42 Å². The number of aliphatic hydroxyl groups is 6. The smallest absolute Gasteiger partial charge is 0.330 e. The Morgan fingerprint density at radius 3 is 2.46 bits per heavy atom. The van der Waals surface area contributed by atoms with Gasteiger partial charge in [-0.2, -0.15) is 0 Å². The Bertz CT molecular complexity index is 1090. The van der Waals surface area contributed by atoms with Crippen LogP contribution in [0, 0.1) is 5.92 Å².